The predicted molar refractivity (Wildman–Crippen MR) is 131 cm³/mol. The molecule has 3 rings (SSSR count). The molecule has 0 spiro atoms. The number of nitrogens with zero attached hydrogens (tertiary/aromatic N) is 5. The molecule has 2 heterocycles. The Morgan fingerprint density at radius 1 is 1.13 bits per heavy atom. The number of aliphatic imine (C=N–C) groups is 1. The molecule has 0 atom stereocenters. The van der Waals surface area contributed by atoms with Crippen LogP contribution in [0.15, 0.2) is 47.8 Å². The van der Waals surface area contributed by atoms with Gasteiger partial charge in [0.05, 0.1) is 18.2 Å². The Balaban J connectivity index is 0.00000320. The molecule has 0 amide bonds. The first kappa shape index (κ1) is 23.6. The fourth-order valence-electron chi connectivity index (χ4n) is 2.77. The van der Waals surface area contributed by atoms with Gasteiger partial charge in [-0.25, -0.2) is 9.97 Å². The average molecular weight is 524 g/mol. The van der Waals surface area contributed by atoms with E-state index in [4.69, 9.17) is 4.74 Å². The van der Waals surface area contributed by atoms with Crippen LogP contribution in [0, 0.1) is 0 Å². The second-order valence-electron chi connectivity index (χ2n) is 6.36. The Bertz CT molecular complexity index is 916. The van der Waals surface area contributed by atoms with Crippen LogP contribution in [0.25, 0.3) is 11.0 Å². The van der Waals surface area contributed by atoms with E-state index in [-0.39, 0.29) is 24.0 Å². The molecular weight excluding hydrogens is 495 g/mol. The van der Waals surface area contributed by atoms with E-state index in [0.717, 1.165) is 41.5 Å². The lowest BCUT2D eigenvalue weighted by atomic mass is 10.3. The van der Waals surface area contributed by atoms with Crippen molar-refractivity contribution >= 4 is 46.8 Å². The lowest BCUT2D eigenvalue weighted by molar-refractivity contribution is 0.313. The summed E-state index contributed by atoms with van der Waals surface area (Å²) in [4.78, 5) is 13.1. The zero-order valence-corrected chi connectivity index (χ0v) is 19.7. The van der Waals surface area contributed by atoms with Crippen LogP contribution in [-0.2, 0) is 7.05 Å². The molecule has 30 heavy (non-hydrogen) atoms. The van der Waals surface area contributed by atoms with Gasteiger partial charge in [-0.2, -0.15) is 5.10 Å². The van der Waals surface area contributed by atoms with Gasteiger partial charge >= 0.3 is 0 Å². The van der Waals surface area contributed by atoms with Gasteiger partial charge in [-0.15, -0.1) is 24.0 Å². The number of nitrogens with one attached hydrogen (secondary N) is 3. The van der Waals surface area contributed by atoms with Crippen molar-refractivity contribution in [2.24, 2.45) is 12.0 Å². The maximum atomic E-state index is 5.69. The summed E-state index contributed by atoms with van der Waals surface area (Å²) >= 11 is 0. The van der Waals surface area contributed by atoms with E-state index in [1.54, 1.807) is 17.2 Å². The van der Waals surface area contributed by atoms with E-state index in [9.17, 15) is 0 Å². The van der Waals surface area contributed by atoms with E-state index in [1.807, 2.05) is 44.3 Å². The molecule has 0 aliphatic heterocycles. The molecule has 1 aromatic carbocycles. The number of rotatable bonds is 10. The van der Waals surface area contributed by atoms with Gasteiger partial charge in [0.2, 0.25) is 0 Å². The van der Waals surface area contributed by atoms with E-state index in [1.165, 1.54) is 0 Å². The number of ether oxygens (including phenoxy) is 1. The quantitative estimate of drug-likeness (QED) is 0.162. The summed E-state index contributed by atoms with van der Waals surface area (Å²) in [5, 5.41) is 15.0. The van der Waals surface area contributed by atoms with E-state index >= 15 is 0 Å². The van der Waals surface area contributed by atoms with Crippen LogP contribution in [-0.4, -0.2) is 58.5 Å². The Morgan fingerprint density at radius 3 is 2.77 bits per heavy atom. The minimum absolute atomic E-state index is 0. The third kappa shape index (κ3) is 7.01. The summed E-state index contributed by atoms with van der Waals surface area (Å²) in [5.74, 6) is 2.47. The Morgan fingerprint density at radius 2 is 1.97 bits per heavy atom. The van der Waals surface area contributed by atoms with Crippen molar-refractivity contribution in [3.63, 3.8) is 0 Å². The SMILES string of the molecule is CCNC(=NCCCOc1ccccc1)NCCNc1ncnc2c1cnn2C.I. The predicted octanol–water partition coefficient (Wildman–Crippen LogP) is 2.42. The van der Waals surface area contributed by atoms with Gasteiger partial charge in [0.15, 0.2) is 11.6 Å². The monoisotopic (exact) mass is 524 g/mol. The first-order chi connectivity index (χ1) is 14.3. The van der Waals surface area contributed by atoms with Crippen molar-refractivity contribution in [3.8, 4) is 5.75 Å². The molecular formula is C20H29IN8O. The first-order valence-corrected chi connectivity index (χ1v) is 9.84. The number of fused-ring (bicyclic) bond motifs is 1. The number of benzene rings is 1. The van der Waals surface area contributed by atoms with Crippen molar-refractivity contribution in [2.75, 3.05) is 38.1 Å². The maximum Gasteiger partial charge on any atom is 0.191 e. The highest BCUT2D eigenvalue weighted by Crippen LogP contribution is 2.17. The van der Waals surface area contributed by atoms with E-state index in [2.05, 4.69) is 36.0 Å². The van der Waals surface area contributed by atoms with Crippen molar-refractivity contribution < 1.29 is 4.74 Å². The van der Waals surface area contributed by atoms with Gasteiger partial charge in [0.25, 0.3) is 0 Å². The summed E-state index contributed by atoms with van der Waals surface area (Å²) in [7, 11) is 1.87. The Hall–Kier alpha value is -2.63. The second-order valence-corrected chi connectivity index (χ2v) is 6.36. The van der Waals surface area contributed by atoms with Gasteiger partial charge in [-0.1, -0.05) is 18.2 Å². The molecule has 162 valence electrons. The molecule has 9 nitrogen and oxygen atoms in total. The standard InChI is InChI=1S/C20H28N8O.HI/c1-3-21-20(23-10-7-13-29-16-8-5-4-6-9-16)24-12-11-22-18-17-14-27-28(2)19(17)26-15-25-18;/h4-6,8-9,14-15H,3,7,10-13H2,1-2H3,(H2,21,23,24)(H,22,25,26);1H. The molecule has 0 unspecified atom stereocenters. The average Bonchev–Trinajstić information content (AvgIpc) is 3.13. The fraction of sp³-hybridized carbons (Fsp3) is 0.400. The van der Waals surface area contributed by atoms with Crippen molar-refractivity contribution in [2.45, 2.75) is 13.3 Å². The number of halogens is 1. The fourth-order valence-corrected chi connectivity index (χ4v) is 2.77. The summed E-state index contributed by atoms with van der Waals surface area (Å²) in [6.45, 7) is 5.59. The number of guanidine groups is 1. The van der Waals surface area contributed by atoms with Crippen LogP contribution in [0.5, 0.6) is 5.75 Å². The van der Waals surface area contributed by atoms with Crippen molar-refractivity contribution in [1.29, 1.82) is 0 Å². The topological polar surface area (TPSA) is 101 Å². The highest BCUT2D eigenvalue weighted by Gasteiger charge is 2.07. The van der Waals surface area contributed by atoms with Gasteiger partial charge in [-0.3, -0.25) is 9.67 Å². The first-order valence-electron chi connectivity index (χ1n) is 9.84. The number of hydrogen-bond donors (Lipinski definition) is 3. The highest BCUT2D eigenvalue weighted by atomic mass is 127. The molecule has 0 bridgehead atoms. The molecule has 0 radical (unpaired) electrons. The van der Waals surface area contributed by atoms with Gasteiger partial charge < -0.3 is 20.7 Å². The second kappa shape index (κ2) is 12.8. The van der Waals surface area contributed by atoms with E-state index < -0.39 is 0 Å². The van der Waals surface area contributed by atoms with Crippen LogP contribution in [0.4, 0.5) is 5.82 Å². The number of aromatic nitrogens is 4. The summed E-state index contributed by atoms with van der Waals surface area (Å²) in [5.41, 5.74) is 0.808. The Labute approximate surface area is 193 Å². The third-order valence-corrected chi connectivity index (χ3v) is 4.17. The number of hydrogen-bond acceptors (Lipinski definition) is 6. The molecule has 3 aromatic rings. The number of anilines is 1. The smallest absolute Gasteiger partial charge is 0.191 e. The molecule has 0 aliphatic rings. The third-order valence-electron chi connectivity index (χ3n) is 4.17. The molecule has 2 aromatic heterocycles. The summed E-state index contributed by atoms with van der Waals surface area (Å²) < 4.78 is 7.43. The van der Waals surface area contributed by atoms with Crippen LogP contribution in [0.1, 0.15) is 13.3 Å². The lowest BCUT2D eigenvalue weighted by Crippen LogP contribution is -2.39. The summed E-state index contributed by atoms with van der Waals surface area (Å²) in [6.07, 6.45) is 4.17. The zero-order valence-electron chi connectivity index (χ0n) is 17.3. The molecule has 0 saturated carbocycles. The normalized spacial score (nSPS) is 11.1. The lowest BCUT2D eigenvalue weighted by Gasteiger charge is -2.12. The van der Waals surface area contributed by atoms with Crippen molar-refractivity contribution in [3.05, 3.63) is 42.9 Å². The number of para-hydroxylation sites is 1. The molecule has 0 saturated heterocycles. The summed E-state index contributed by atoms with van der Waals surface area (Å²) in [6, 6.07) is 9.83. The van der Waals surface area contributed by atoms with Crippen LogP contribution < -0.4 is 20.7 Å². The van der Waals surface area contributed by atoms with E-state index in [0.29, 0.717) is 26.2 Å². The van der Waals surface area contributed by atoms with Gasteiger partial charge in [-0.05, 0) is 19.1 Å². The molecule has 0 fully saturated rings. The number of aryl methyl sites for hydroxylation is 1. The van der Waals surface area contributed by atoms with Crippen LogP contribution in [0.3, 0.4) is 0 Å². The van der Waals surface area contributed by atoms with Crippen molar-refractivity contribution in [1.82, 2.24) is 30.4 Å². The Kier molecular flexibility index (Phi) is 10.1. The molecule has 3 N–H and O–H groups in total. The maximum absolute atomic E-state index is 5.69. The zero-order chi connectivity index (χ0) is 20.3. The van der Waals surface area contributed by atoms with Gasteiger partial charge in [0.1, 0.15) is 17.9 Å². The van der Waals surface area contributed by atoms with Crippen LogP contribution >= 0.6 is 24.0 Å². The minimum Gasteiger partial charge on any atom is -0.494 e. The highest BCUT2D eigenvalue weighted by molar-refractivity contribution is 14.0. The molecule has 10 heteroatoms. The van der Waals surface area contributed by atoms with Crippen LogP contribution in [0.2, 0.25) is 0 Å². The largest absolute Gasteiger partial charge is 0.494 e. The minimum atomic E-state index is 0. The van der Waals surface area contributed by atoms with Gasteiger partial charge in [0, 0.05) is 39.6 Å². The molecule has 0 aliphatic carbocycles.